The molecule has 1 saturated heterocycles. The normalized spacial score (nSPS) is 18.9. The fourth-order valence-electron chi connectivity index (χ4n) is 4.58. The number of benzene rings is 2. The Balaban J connectivity index is 1.53. The molecule has 5 rings (SSSR count). The lowest BCUT2D eigenvalue weighted by Gasteiger charge is -2.44. The van der Waals surface area contributed by atoms with Crippen molar-refractivity contribution in [3.8, 4) is 17.6 Å². The largest absolute Gasteiger partial charge is 0.457 e. The Bertz CT molecular complexity index is 1320. The SMILES string of the molecule is N#Cc1ncc(N2C(=O)C3(CCC3)N(c3cccc(Oc4ccccc4)c3)C2S)cc1C(F)(F)F. The van der Waals surface area contributed by atoms with Crippen LogP contribution in [0.4, 0.5) is 24.5 Å². The van der Waals surface area contributed by atoms with Crippen molar-refractivity contribution in [2.24, 2.45) is 0 Å². The van der Waals surface area contributed by atoms with E-state index in [2.05, 4.69) is 17.6 Å². The first-order chi connectivity index (χ1) is 16.7. The predicted molar refractivity (Wildman–Crippen MR) is 126 cm³/mol. The van der Waals surface area contributed by atoms with Gasteiger partial charge in [0.2, 0.25) is 0 Å². The fourth-order valence-corrected chi connectivity index (χ4v) is 5.17. The highest BCUT2D eigenvalue weighted by Crippen LogP contribution is 2.51. The van der Waals surface area contributed by atoms with Crippen LogP contribution in [-0.4, -0.2) is 21.9 Å². The Labute approximate surface area is 205 Å². The fraction of sp³-hybridized carbons (Fsp3) is 0.240. The molecule has 0 radical (unpaired) electrons. The summed E-state index contributed by atoms with van der Waals surface area (Å²) in [6.07, 6.45) is -1.80. The van der Waals surface area contributed by atoms with Crippen LogP contribution in [0, 0.1) is 11.3 Å². The number of hydrogen-bond donors (Lipinski definition) is 1. The van der Waals surface area contributed by atoms with Crippen molar-refractivity contribution in [1.29, 1.82) is 5.26 Å². The molecule has 3 aromatic rings. The van der Waals surface area contributed by atoms with Crippen molar-refractivity contribution < 1.29 is 22.7 Å². The molecule has 2 heterocycles. The summed E-state index contributed by atoms with van der Waals surface area (Å²) in [5.74, 6) is 0.847. The number of nitriles is 1. The van der Waals surface area contributed by atoms with Crippen molar-refractivity contribution >= 4 is 29.9 Å². The third kappa shape index (κ3) is 3.86. The van der Waals surface area contributed by atoms with E-state index in [-0.39, 0.29) is 11.6 Å². The van der Waals surface area contributed by atoms with Crippen molar-refractivity contribution in [1.82, 2.24) is 4.98 Å². The Morgan fingerprint density at radius 1 is 1.06 bits per heavy atom. The van der Waals surface area contributed by atoms with Crippen LogP contribution in [0.15, 0.2) is 66.9 Å². The predicted octanol–water partition coefficient (Wildman–Crippen LogP) is 5.75. The smallest absolute Gasteiger partial charge is 0.419 e. The number of amides is 1. The number of rotatable bonds is 4. The Morgan fingerprint density at radius 2 is 1.77 bits per heavy atom. The van der Waals surface area contributed by atoms with Gasteiger partial charge in [-0.25, -0.2) is 4.98 Å². The van der Waals surface area contributed by atoms with E-state index in [4.69, 9.17) is 10.00 Å². The first kappa shape index (κ1) is 23.1. The van der Waals surface area contributed by atoms with Crippen molar-refractivity contribution in [3.63, 3.8) is 0 Å². The molecule has 1 spiro atoms. The number of halogens is 3. The first-order valence-corrected chi connectivity index (χ1v) is 11.4. The molecule has 2 aromatic carbocycles. The number of nitrogens with zero attached hydrogens (tertiary/aromatic N) is 4. The molecule has 6 nitrogen and oxygen atoms in total. The van der Waals surface area contributed by atoms with Gasteiger partial charge in [0.1, 0.15) is 23.1 Å². The number of para-hydroxylation sites is 1. The van der Waals surface area contributed by atoms with E-state index in [9.17, 15) is 18.0 Å². The van der Waals surface area contributed by atoms with Crippen LogP contribution in [-0.2, 0) is 11.0 Å². The number of ether oxygens (including phenoxy) is 1. The van der Waals surface area contributed by atoms with Gasteiger partial charge < -0.3 is 9.64 Å². The third-order valence-corrected chi connectivity index (χ3v) is 6.82. The van der Waals surface area contributed by atoms with Gasteiger partial charge in [-0.3, -0.25) is 9.69 Å². The quantitative estimate of drug-likeness (QED) is 0.466. The second-order valence-corrected chi connectivity index (χ2v) is 8.85. The maximum Gasteiger partial charge on any atom is 0.419 e. The number of carbonyl (C=O) groups is 1. The molecule has 1 aliphatic heterocycles. The minimum atomic E-state index is -4.79. The maximum atomic E-state index is 13.6. The lowest BCUT2D eigenvalue weighted by Crippen LogP contribution is -2.55. The third-order valence-electron chi connectivity index (χ3n) is 6.36. The summed E-state index contributed by atoms with van der Waals surface area (Å²) >= 11 is 4.67. The van der Waals surface area contributed by atoms with Gasteiger partial charge in [0.05, 0.1) is 17.4 Å². The molecule has 0 bridgehead atoms. The number of pyridine rings is 1. The average Bonchev–Trinajstić information content (AvgIpc) is 3.05. The molecular weight excluding hydrogens is 477 g/mol. The minimum absolute atomic E-state index is 0.0632. The van der Waals surface area contributed by atoms with Crippen LogP contribution in [0.3, 0.4) is 0 Å². The second kappa shape index (κ2) is 8.50. The minimum Gasteiger partial charge on any atom is -0.457 e. The number of carbonyl (C=O) groups excluding carboxylic acids is 1. The van der Waals surface area contributed by atoms with Crippen LogP contribution in [0.25, 0.3) is 0 Å². The van der Waals surface area contributed by atoms with Gasteiger partial charge in [0, 0.05) is 11.8 Å². The van der Waals surface area contributed by atoms with Crippen LogP contribution < -0.4 is 14.5 Å². The van der Waals surface area contributed by atoms with Gasteiger partial charge in [0.25, 0.3) is 5.91 Å². The summed E-state index contributed by atoms with van der Waals surface area (Å²) in [4.78, 5) is 20.3. The molecule has 2 fully saturated rings. The second-order valence-electron chi connectivity index (χ2n) is 8.39. The van der Waals surface area contributed by atoms with Gasteiger partial charge in [-0.05, 0) is 49.6 Å². The van der Waals surface area contributed by atoms with E-state index >= 15 is 0 Å². The van der Waals surface area contributed by atoms with Crippen LogP contribution >= 0.6 is 12.6 Å². The van der Waals surface area contributed by atoms with Crippen LogP contribution in [0.5, 0.6) is 11.5 Å². The monoisotopic (exact) mass is 496 g/mol. The Morgan fingerprint density at radius 3 is 2.40 bits per heavy atom. The zero-order valence-electron chi connectivity index (χ0n) is 18.2. The highest BCUT2D eigenvalue weighted by molar-refractivity contribution is 7.81. The van der Waals surface area contributed by atoms with Crippen molar-refractivity contribution in [2.45, 2.75) is 36.5 Å². The van der Waals surface area contributed by atoms with Gasteiger partial charge in [-0.15, -0.1) is 12.6 Å². The van der Waals surface area contributed by atoms with E-state index in [1.165, 1.54) is 11.0 Å². The Kier molecular flexibility index (Phi) is 5.60. The van der Waals surface area contributed by atoms with E-state index in [0.29, 0.717) is 30.0 Å². The maximum absolute atomic E-state index is 13.6. The van der Waals surface area contributed by atoms with E-state index < -0.39 is 28.5 Å². The molecule has 1 aromatic heterocycles. The summed E-state index contributed by atoms with van der Waals surface area (Å²) in [6, 6.07) is 18.6. The summed E-state index contributed by atoms with van der Waals surface area (Å²) in [7, 11) is 0. The van der Waals surface area contributed by atoms with Gasteiger partial charge in [-0.1, -0.05) is 24.3 Å². The highest BCUT2D eigenvalue weighted by atomic mass is 32.1. The molecule has 178 valence electrons. The lowest BCUT2D eigenvalue weighted by atomic mass is 9.75. The van der Waals surface area contributed by atoms with Crippen molar-refractivity contribution in [3.05, 3.63) is 78.1 Å². The number of aromatic nitrogens is 1. The number of alkyl halides is 3. The molecular formula is C25H19F3N4O2S. The number of thiol groups is 1. The van der Waals surface area contributed by atoms with E-state index in [1.54, 1.807) is 18.2 Å². The van der Waals surface area contributed by atoms with E-state index in [1.807, 2.05) is 41.3 Å². The summed E-state index contributed by atoms with van der Waals surface area (Å²) in [5.41, 5.74) is -3.15. The standard InChI is InChI=1S/C25H19F3N4O2S/c26-25(27,28)20-13-17(15-30-21(20)14-29)31-22(33)24(10-5-11-24)32(23(31)35)16-6-4-9-19(12-16)34-18-7-2-1-3-8-18/h1-4,6-9,12-13,15,23,35H,5,10-11H2. The molecule has 35 heavy (non-hydrogen) atoms. The van der Waals surface area contributed by atoms with E-state index in [0.717, 1.165) is 18.7 Å². The summed E-state index contributed by atoms with van der Waals surface area (Å²) in [6.45, 7) is 0. The van der Waals surface area contributed by atoms with Gasteiger partial charge in [0.15, 0.2) is 11.2 Å². The number of anilines is 2. The van der Waals surface area contributed by atoms with Crippen LogP contribution in [0.2, 0.25) is 0 Å². The highest BCUT2D eigenvalue weighted by Gasteiger charge is 2.60. The lowest BCUT2D eigenvalue weighted by molar-refractivity contribution is -0.138. The molecule has 1 amide bonds. The molecule has 1 unspecified atom stereocenters. The van der Waals surface area contributed by atoms with Gasteiger partial charge >= 0.3 is 6.18 Å². The molecule has 1 saturated carbocycles. The Hall–Kier alpha value is -3.71. The van der Waals surface area contributed by atoms with Crippen molar-refractivity contribution in [2.75, 3.05) is 9.80 Å². The van der Waals surface area contributed by atoms with Crippen LogP contribution in [0.1, 0.15) is 30.5 Å². The summed E-state index contributed by atoms with van der Waals surface area (Å²) < 4.78 is 46.6. The summed E-state index contributed by atoms with van der Waals surface area (Å²) in [5, 5.41) is 9.07. The zero-order chi connectivity index (χ0) is 24.8. The molecule has 0 N–H and O–H groups in total. The first-order valence-electron chi connectivity index (χ1n) is 10.9. The van der Waals surface area contributed by atoms with Gasteiger partial charge in [-0.2, -0.15) is 18.4 Å². The topological polar surface area (TPSA) is 69.5 Å². The molecule has 1 aliphatic carbocycles. The zero-order valence-corrected chi connectivity index (χ0v) is 19.1. The average molecular weight is 497 g/mol. The molecule has 2 aliphatic rings. The molecule has 1 atom stereocenters. The molecule has 10 heteroatoms. The number of hydrogen-bond acceptors (Lipinski definition) is 6.